The number of rotatable bonds is 3. The number of nitro groups is 1. The minimum absolute atomic E-state index is 0.0796. The van der Waals surface area contributed by atoms with Gasteiger partial charge in [0.05, 0.1) is 16.4 Å². The Bertz CT molecular complexity index is 717. The first-order valence-electron chi connectivity index (χ1n) is 8.80. The molecule has 1 aromatic rings. The number of benzene rings is 1. The molecule has 0 bridgehead atoms. The van der Waals surface area contributed by atoms with E-state index in [0.717, 1.165) is 25.9 Å². The second-order valence-corrected chi connectivity index (χ2v) is 6.69. The van der Waals surface area contributed by atoms with Crippen LogP contribution in [0.4, 0.5) is 11.4 Å². The molecule has 2 aliphatic heterocycles. The molecule has 1 aromatic carbocycles. The average Bonchev–Trinajstić information content (AvgIpc) is 2.68. The summed E-state index contributed by atoms with van der Waals surface area (Å²) < 4.78 is 0. The first kappa shape index (κ1) is 18.1. The Balaban J connectivity index is 1.73. The quantitative estimate of drug-likeness (QED) is 0.458. The van der Waals surface area contributed by atoms with Crippen LogP contribution in [0, 0.1) is 16.0 Å². The molecule has 3 N–H and O–H groups in total. The number of carbonyl (C=O) groups excluding carboxylic acids is 2. The number of nitrogens with two attached hydrogens (primary N) is 1. The smallest absolute Gasteiger partial charge is 0.270 e. The predicted molar refractivity (Wildman–Crippen MR) is 95.6 cm³/mol. The number of hydrogen-bond acceptors (Lipinski definition) is 6. The molecule has 0 radical (unpaired) electrons. The van der Waals surface area contributed by atoms with Crippen molar-refractivity contribution in [2.75, 3.05) is 45.0 Å². The van der Waals surface area contributed by atoms with Crippen molar-refractivity contribution >= 4 is 23.2 Å². The highest BCUT2D eigenvalue weighted by atomic mass is 16.6. The van der Waals surface area contributed by atoms with Crippen molar-refractivity contribution in [3.05, 3.63) is 33.9 Å². The van der Waals surface area contributed by atoms with Gasteiger partial charge in [-0.05, 0) is 18.9 Å². The van der Waals surface area contributed by atoms with Gasteiger partial charge in [0.1, 0.15) is 0 Å². The van der Waals surface area contributed by atoms with Gasteiger partial charge in [-0.15, -0.1) is 0 Å². The molecule has 9 heteroatoms. The lowest BCUT2D eigenvalue weighted by Crippen LogP contribution is -2.52. The fourth-order valence-electron chi connectivity index (χ4n) is 3.52. The van der Waals surface area contributed by atoms with Gasteiger partial charge in [0, 0.05) is 57.1 Å². The van der Waals surface area contributed by atoms with Gasteiger partial charge in [-0.1, -0.05) is 0 Å². The Labute approximate surface area is 151 Å². The Hall–Kier alpha value is -2.68. The third kappa shape index (κ3) is 3.77. The van der Waals surface area contributed by atoms with Crippen molar-refractivity contribution in [1.82, 2.24) is 15.1 Å². The maximum Gasteiger partial charge on any atom is 0.270 e. The van der Waals surface area contributed by atoms with Crippen LogP contribution in [0.25, 0.3) is 0 Å². The minimum Gasteiger partial charge on any atom is -0.398 e. The van der Waals surface area contributed by atoms with Gasteiger partial charge >= 0.3 is 0 Å². The number of nitrogens with one attached hydrogen (secondary N) is 1. The number of nitro benzene ring substituents is 1. The number of piperidine rings is 1. The van der Waals surface area contributed by atoms with Gasteiger partial charge in [0.2, 0.25) is 5.91 Å². The van der Waals surface area contributed by atoms with E-state index < -0.39 is 4.92 Å². The number of nitrogens with zero attached hydrogens (tertiary/aromatic N) is 3. The van der Waals surface area contributed by atoms with Crippen molar-refractivity contribution in [3.63, 3.8) is 0 Å². The molecule has 9 nitrogen and oxygen atoms in total. The van der Waals surface area contributed by atoms with Crippen LogP contribution < -0.4 is 11.1 Å². The Morgan fingerprint density at radius 2 is 1.92 bits per heavy atom. The zero-order valence-corrected chi connectivity index (χ0v) is 14.5. The SMILES string of the molecule is Nc1ccc([N+](=O)[O-])cc1C(=O)N1CCCC(C(=O)N2CCNCC2)C1. The number of anilines is 1. The van der Waals surface area contributed by atoms with Crippen LogP contribution >= 0.6 is 0 Å². The van der Waals surface area contributed by atoms with E-state index in [1.54, 1.807) is 4.90 Å². The first-order valence-corrected chi connectivity index (χ1v) is 8.80. The maximum absolute atomic E-state index is 12.8. The second kappa shape index (κ2) is 7.69. The number of likely N-dealkylation sites (tertiary alicyclic amines) is 1. The number of hydrogen-bond donors (Lipinski definition) is 2. The third-order valence-corrected chi connectivity index (χ3v) is 4.96. The van der Waals surface area contributed by atoms with Crippen LogP contribution in [0.2, 0.25) is 0 Å². The number of non-ortho nitro benzene ring substituents is 1. The molecule has 1 unspecified atom stereocenters. The molecule has 140 valence electrons. The summed E-state index contributed by atoms with van der Waals surface area (Å²) in [6.07, 6.45) is 1.47. The van der Waals surface area contributed by atoms with Crippen LogP contribution in [-0.2, 0) is 4.79 Å². The van der Waals surface area contributed by atoms with E-state index in [1.807, 2.05) is 4.90 Å². The Morgan fingerprint density at radius 1 is 1.19 bits per heavy atom. The summed E-state index contributed by atoms with van der Waals surface area (Å²) in [6, 6.07) is 3.86. The number of nitrogen functional groups attached to an aromatic ring is 1. The Morgan fingerprint density at radius 3 is 2.62 bits per heavy atom. The first-order chi connectivity index (χ1) is 12.5. The number of piperazine rings is 1. The van der Waals surface area contributed by atoms with E-state index in [-0.39, 0.29) is 34.7 Å². The van der Waals surface area contributed by atoms with Crippen LogP contribution in [-0.4, -0.2) is 65.8 Å². The lowest BCUT2D eigenvalue weighted by molar-refractivity contribution is -0.384. The normalized spacial score (nSPS) is 20.7. The highest BCUT2D eigenvalue weighted by molar-refractivity contribution is 6.00. The molecule has 0 aromatic heterocycles. The van der Waals surface area contributed by atoms with Crippen LogP contribution in [0.5, 0.6) is 0 Å². The number of carbonyl (C=O) groups is 2. The van der Waals surface area contributed by atoms with Gasteiger partial charge < -0.3 is 20.9 Å². The lowest BCUT2D eigenvalue weighted by atomic mass is 9.95. The van der Waals surface area contributed by atoms with Crippen molar-refractivity contribution in [1.29, 1.82) is 0 Å². The predicted octanol–water partition coefficient (Wildman–Crippen LogP) is 0.461. The molecule has 2 heterocycles. The monoisotopic (exact) mass is 361 g/mol. The topological polar surface area (TPSA) is 122 Å². The minimum atomic E-state index is -0.552. The highest BCUT2D eigenvalue weighted by Gasteiger charge is 2.32. The van der Waals surface area contributed by atoms with Crippen molar-refractivity contribution in [2.45, 2.75) is 12.8 Å². The van der Waals surface area contributed by atoms with E-state index in [2.05, 4.69) is 5.32 Å². The molecule has 2 saturated heterocycles. The molecule has 1 atom stereocenters. The molecule has 3 rings (SSSR count). The molecular formula is C17H23N5O4. The maximum atomic E-state index is 12.8. The fraction of sp³-hybridized carbons (Fsp3) is 0.529. The molecule has 2 fully saturated rings. The summed E-state index contributed by atoms with van der Waals surface area (Å²) in [5.74, 6) is -0.509. The zero-order valence-electron chi connectivity index (χ0n) is 14.5. The molecule has 0 aliphatic carbocycles. The summed E-state index contributed by atoms with van der Waals surface area (Å²) in [6.45, 7) is 3.77. The van der Waals surface area contributed by atoms with Crippen LogP contribution in [0.3, 0.4) is 0 Å². The summed E-state index contributed by atoms with van der Waals surface area (Å²) in [5.41, 5.74) is 6.01. The summed E-state index contributed by atoms with van der Waals surface area (Å²) in [4.78, 5) is 39.4. The molecule has 26 heavy (non-hydrogen) atoms. The standard InChI is InChI=1S/C17H23N5O4/c18-15-4-3-13(22(25)26)10-14(15)17(24)21-7-1-2-12(11-21)16(23)20-8-5-19-6-9-20/h3-4,10,12,19H,1-2,5-9,11,18H2. The van der Waals surface area contributed by atoms with Crippen molar-refractivity contribution in [3.8, 4) is 0 Å². The molecule has 2 aliphatic rings. The van der Waals surface area contributed by atoms with Gasteiger partial charge in [0.15, 0.2) is 0 Å². The summed E-state index contributed by atoms with van der Waals surface area (Å²) in [5, 5.41) is 14.2. The van der Waals surface area contributed by atoms with E-state index >= 15 is 0 Å². The third-order valence-electron chi connectivity index (χ3n) is 4.96. The van der Waals surface area contributed by atoms with Crippen LogP contribution in [0.15, 0.2) is 18.2 Å². The average molecular weight is 361 g/mol. The van der Waals surface area contributed by atoms with E-state index in [0.29, 0.717) is 26.2 Å². The summed E-state index contributed by atoms with van der Waals surface area (Å²) in [7, 11) is 0. The van der Waals surface area contributed by atoms with Crippen molar-refractivity contribution in [2.24, 2.45) is 5.92 Å². The van der Waals surface area contributed by atoms with Crippen molar-refractivity contribution < 1.29 is 14.5 Å². The molecule has 2 amide bonds. The van der Waals surface area contributed by atoms with Gasteiger partial charge in [0.25, 0.3) is 11.6 Å². The zero-order chi connectivity index (χ0) is 18.7. The molecule has 0 saturated carbocycles. The molecule has 0 spiro atoms. The second-order valence-electron chi connectivity index (χ2n) is 6.69. The number of amides is 2. The van der Waals surface area contributed by atoms with E-state index in [1.165, 1.54) is 18.2 Å². The van der Waals surface area contributed by atoms with Gasteiger partial charge in [-0.2, -0.15) is 0 Å². The summed E-state index contributed by atoms with van der Waals surface area (Å²) >= 11 is 0. The van der Waals surface area contributed by atoms with Gasteiger partial charge in [-0.3, -0.25) is 19.7 Å². The highest BCUT2D eigenvalue weighted by Crippen LogP contribution is 2.25. The van der Waals surface area contributed by atoms with Crippen LogP contribution in [0.1, 0.15) is 23.2 Å². The fourth-order valence-corrected chi connectivity index (χ4v) is 3.52. The molecular weight excluding hydrogens is 338 g/mol. The largest absolute Gasteiger partial charge is 0.398 e. The van der Waals surface area contributed by atoms with Gasteiger partial charge in [-0.25, -0.2) is 0 Å². The Kier molecular flexibility index (Phi) is 5.36. The van der Waals surface area contributed by atoms with E-state index in [4.69, 9.17) is 5.73 Å². The lowest BCUT2D eigenvalue weighted by Gasteiger charge is -2.36. The van der Waals surface area contributed by atoms with E-state index in [9.17, 15) is 19.7 Å².